The van der Waals surface area contributed by atoms with Crippen LogP contribution in [-0.2, 0) is 11.8 Å². The summed E-state index contributed by atoms with van der Waals surface area (Å²) in [6.45, 7) is 5.06. The molecule has 0 radical (unpaired) electrons. The van der Waals surface area contributed by atoms with Gasteiger partial charge in [-0.15, -0.1) is 10.2 Å². The number of carbonyl (C=O) groups is 1. The predicted octanol–water partition coefficient (Wildman–Crippen LogP) is 3.40. The number of methoxy groups -OCH3 is 1. The maximum absolute atomic E-state index is 12.8. The standard InChI is InChI=1S/C24H29N5O3S/c1-18(32-21-11-7-10-20(16-21)31-3)23-25-26-24(27(23)2)33-17-22(30)29-14-12-28(13-15-29)19-8-5-4-6-9-19/h4-11,16,18H,12-15,17H2,1-3H3. The first-order valence-corrected chi connectivity index (χ1v) is 11.9. The summed E-state index contributed by atoms with van der Waals surface area (Å²) in [5, 5.41) is 9.26. The molecule has 1 aliphatic heterocycles. The molecule has 8 nitrogen and oxygen atoms in total. The van der Waals surface area contributed by atoms with Gasteiger partial charge in [0.25, 0.3) is 0 Å². The molecule has 9 heteroatoms. The highest BCUT2D eigenvalue weighted by molar-refractivity contribution is 7.99. The number of carbonyl (C=O) groups excluding carboxylic acids is 1. The maximum Gasteiger partial charge on any atom is 0.233 e. The number of piperazine rings is 1. The Morgan fingerprint density at radius 1 is 1.03 bits per heavy atom. The molecule has 0 bridgehead atoms. The van der Waals surface area contributed by atoms with Crippen molar-refractivity contribution in [2.75, 3.05) is 43.9 Å². The van der Waals surface area contributed by atoms with Crippen LogP contribution in [0.4, 0.5) is 5.69 Å². The van der Waals surface area contributed by atoms with Crippen molar-refractivity contribution in [3.63, 3.8) is 0 Å². The Morgan fingerprint density at radius 3 is 2.48 bits per heavy atom. The number of amides is 1. The van der Waals surface area contributed by atoms with Gasteiger partial charge in [-0.05, 0) is 31.2 Å². The number of hydrogen-bond acceptors (Lipinski definition) is 7. The zero-order chi connectivity index (χ0) is 23.2. The molecule has 1 unspecified atom stereocenters. The van der Waals surface area contributed by atoms with E-state index in [4.69, 9.17) is 9.47 Å². The minimum absolute atomic E-state index is 0.123. The normalized spacial score (nSPS) is 14.8. The van der Waals surface area contributed by atoms with Crippen molar-refractivity contribution in [2.45, 2.75) is 18.2 Å². The van der Waals surface area contributed by atoms with E-state index in [-0.39, 0.29) is 12.0 Å². The zero-order valence-electron chi connectivity index (χ0n) is 19.2. The molecule has 33 heavy (non-hydrogen) atoms. The lowest BCUT2D eigenvalue weighted by Gasteiger charge is -2.36. The van der Waals surface area contributed by atoms with E-state index in [0.717, 1.165) is 31.9 Å². The first-order chi connectivity index (χ1) is 16.0. The molecule has 2 heterocycles. The van der Waals surface area contributed by atoms with E-state index in [2.05, 4.69) is 27.2 Å². The lowest BCUT2D eigenvalue weighted by atomic mass is 10.2. The van der Waals surface area contributed by atoms with Gasteiger partial charge in [-0.2, -0.15) is 0 Å². The monoisotopic (exact) mass is 467 g/mol. The van der Waals surface area contributed by atoms with E-state index in [1.54, 1.807) is 7.11 Å². The van der Waals surface area contributed by atoms with Crippen molar-refractivity contribution in [2.24, 2.45) is 7.05 Å². The van der Waals surface area contributed by atoms with E-state index in [0.29, 0.717) is 22.5 Å². The molecule has 4 rings (SSSR count). The Hall–Kier alpha value is -3.20. The number of thioether (sulfide) groups is 1. The largest absolute Gasteiger partial charge is 0.497 e. The molecule has 3 aromatic rings. The van der Waals surface area contributed by atoms with Gasteiger partial charge in [0.05, 0.1) is 12.9 Å². The third-order valence-electron chi connectivity index (χ3n) is 5.66. The van der Waals surface area contributed by atoms with Crippen molar-refractivity contribution in [1.82, 2.24) is 19.7 Å². The molecule has 0 aliphatic carbocycles. The second-order valence-corrected chi connectivity index (χ2v) is 8.77. The van der Waals surface area contributed by atoms with Gasteiger partial charge in [-0.3, -0.25) is 4.79 Å². The summed E-state index contributed by atoms with van der Waals surface area (Å²) in [5.74, 6) is 2.59. The highest BCUT2D eigenvalue weighted by Crippen LogP contribution is 2.26. The summed E-state index contributed by atoms with van der Waals surface area (Å²) < 4.78 is 13.1. The van der Waals surface area contributed by atoms with Crippen molar-refractivity contribution < 1.29 is 14.3 Å². The van der Waals surface area contributed by atoms with Gasteiger partial charge in [0, 0.05) is 45.0 Å². The number of aromatic nitrogens is 3. The van der Waals surface area contributed by atoms with Gasteiger partial charge in [0.2, 0.25) is 5.91 Å². The summed E-state index contributed by atoms with van der Waals surface area (Å²) in [5.41, 5.74) is 1.20. The SMILES string of the molecule is COc1cccc(OC(C)c2nnc(SCC(=O)N3CCN(c4ccccc4)CC3)n2C)c1. The summed E-state index contributed by atoms with van der Waals surface area (Å²) in [6.07, 6.45) is -0.300. The Labute approximate surface area is 198 Å². The van der Waals surface area contributed by atoms with E-state index < -0.39 is 0 Å². The van der Waals surface area contributed by atoms with Crippen LogP contribution in [-0.4, -0.2) is 64.6 Å². The van der Waals surface area contributed by atoms with E-state index >= 15 is 0 Å². The highest BCUT2D eigenvalue weighted by Gasteiger charge is 2.23. The molecule has 1 amide bonds. The van der Waals surface area contributed by atoms with Crippen LogP contribution in [0.2, 0.25) is 0 Å². The third kappa shape index (κ3) is 5.60. The first kappa shape index (κ1) is 23.0. The van der Waals surface area contributed by atoms with Crippen LogP contribution in [0, 0.1) is 0 Å². The molecule has 174 valence electrons. The second kappa shape index (κ2) is 10.6. The maximum atomic E-state index is 12.8. The summed E-state index contributed by atoms with van der Waals surface area (Å²) in [6, 6.07) is 17.8. The number of hydrogen-bond donors (Lipinski definition) is 0. The van der Waals surface area contributed by atoms with E-state index in [9.17, 15) is 4.79 Å². The van der Waals surface area contributed by atoms with Crippen molar-refractivity contribution in [3.8, 4) is 11.5 Å². The van der Waals surface area contributed by atoms with Crippen LogP contribution in [0.5, 0.6) is 11.5 Å². The van der Waals surface area contributed by atoms with Gasteiger partial charge in [0.15, 0.2) is 17.1 Å². The molecule has 1 saturated heterocycles. The second-order valence-electron chi connectivity index (χ2n) is 7.83. The summed E-state index contributed by atoms with van der Waals surface area (Å²) in [4.78, 5) is 17.0. The first-order valence-electron chi connectivity index (χ1n) is 11.0. The van der Waals surface area contributed by atoms with Crippen molar-refractivity contribution >= 4 is 23.4 Å². The predicted molar refractivity (Wildman–Crippen MR) is 129 cm³/mol. The molecule has 1 fully saturated rings. The molecular weight excluding hydrogens is 438 g/mol. The van der Waals surface area contributed by atoms with Gasteiger partial charge >= 0.3 is 0 Å². The van der Waals surface area contributed by atoms with Crippen molar-refractivity contribution in [3.05, 3.63) is 60.4 Å². The minimum Gasteiger partial charge on any atom is -0.497 e. The Balaban J connectivity index is 1.29. The Morgan fingerprint density at radius 2 is 1.76 bits per heavy atom. The van der Waals surface area contributed by atoms with Gasteiger partial charge < -0.3 is 23.8 Å². The third-order valence-corrected chi connectivity index (χ3v) is 6.67. The van der Waals surface area contributed by atoms with Crippen LogP contribution in [0.25, 0.3) is 0 Å². The lowest BCUT2D eigenvalue weighted by Crippen LogP contribution is -2.49. The smallest absolute Gasteiger partial charge is 0.233 e. The molecular formula is C24H29N5O3S. The number of benzene rings is 2. The fourth-order valence-corrected chi connectivity index (χ4v) is 4.63. The van der Waals surface area contributed by atoms with Gasteiger partial charge in [0.1, 0.15) is 11.5 Å². The molecule has 1 aromatic heterocycles. The number of anilines is 1. The fraction of sp³-hybridized carbons (Fsp3) is 0.375. The number of rotatable bonds is 8. The van der Waals surface area contributed by atoms with Crippen LogP contribution >= 0.6 is 11.8 Å². The van der Waals surface area contributed by atoms with Crippen LogP contribution in [0.3, 0.4) is 0 Å². The van der Waals surface area contributed by atoms with E-state index in [1.165, 1.54) is 17.4 Å². The van der Waals surface area contributed by atoms with Gasteiger partial charge in [-0.25, -0.2) is 0 Å². The zero-order valence-corrected chi connectivity index (χ0v) is 20.0. The summed E-state index contributed by atoms with van der Waals surface area (Å²) in [7, 11) is 3.52. The molecule has 2 aromatic carbocycles. The Bertz CT molecular complexity index is 1070. The number of para-hydroxylation sites is 1. The van der Waals surface area contributed by atoms with Crippen LogP contribution in [0.15, 0.2) is 59.8 Å². The quantitative estimate of drug-likeness (QED) is 0.470. The molecule has 0 saturated carbocycles. The molecule has 0 spiro atoms. The number of ether oxygens (including phenoxy) is 2. The van der Waals surface area contributed by atoms with Gasteiger partial charge in [-0.1, -0.05) is 36.0 Å². The summed E-state index contributed by atoms with van der Waals surface area (Å²) >= 11 is 1.41. The minimum atomic E-state index is -0.300. The van der Waals surface area contributed by atoms with Crippen LogP contribution < -0.4 is 14.4 Å². The lowest BCUT2D eigenvalue weighted by molar-refractivity contribution is -0.128. The fourth-order valence-electron chi connectivity index (χ4n) is 3.81. The average Bonchev–Trinajstić information content (AvgIpc) is 3.23. The average molecular weight is 468 g/mol. The van der Waals surface area contributed by atoms with Crippen molar-refractivity contribution in [1.29, 1.82) is 0 Å². The molecule has 1 aliphatic rings. The topological polar surface area (TPSA) is 72.7 Å². The number of nitrogens with zero attached hydrogens (tertiary/aromatic N) is 5. The van der Waals surface area contributed by atoms with E-state index in [1.807, 2.05) is 65.9 Å². The van der Waals surface area contributed by atoms with Crippen LogP contribution in [0.1, 0.15) is 18.9 Å². The Kier molecular flexibility index (Phi) is 7.39. The highest BCUT2D eigenvalue weighted by atomic mass is 32.2. The molecule has 1 atom stereocenters. The molecule has 0 N–H and O–H groups in total.